The number of carbonyl (C=O) groups excluding carboxylic acids is 2. The van der Waals surface area contributed by atoms with E-state index in [4.69, 9.17) is 0 Å². The SMILES string of the molecule is Cc1cccc(N2C(=O)S/C(=C\C=C\c3ccccc3[N+](=O)[O-])C2=O)c1C. The monoisotopic (exact) mass is 380 g/mol. The van der Waals surface area contributed by atoms with E-state index < -0.39 is 10.8 Å². The van der Waals surface area contributed by atoms with Crippen LogP contribution in [0.1, 0.15) is 16.7 Å². The average Bonchev–Trinajstić information content (AvgIpc) is 2.91. The summed E-state index contributed by atoms with van der Waals surface area (Å²) in [4.78, 5) is 37.0. The molecule has 2 aromatic rings. The number of nitrogens with zero attached hydrogens (tertiary/aromatic N) is 2. The van der Waals surface area contributed by atoms with Crippen LogP contribution in [-0.2, 0) is 4.79 Å². The molecule has 0 saturated carbocycles. The highest BCUT2D eigenvalue weighted by molar-refractivity contribution is 8.18. The first-order valence-electron chi connectivity index (χ1n) is 8.14. The Morgan fingerprint density at radius 2 is 1.81 bits per heavy atom. The minimum absolute atomic E-state index is 0.0226. The molecule has 1 fully saturated rings. The lowest BCUT2D eigenvalue weighted by molar-refractivity contribution is -0.385. The van der Waals surface area contributed by atoms with Gasteiger partial charge >= 0.3 is 0 Å². The fourth-order valence-electron chi connectivity index (χ4n) is 2.70. The van der Waals surface area contributed by atoms with Crippen LogP contribution in [0.25, 0.3) is 6.08 Å². The minimum Gasteiger partial charge on any atom is -0.268 e. The number of amides is 2. The number of benzene rings is 2. The molecule has 27 heavy (non-hydrogen) atoms. The molecule has 0 radical (unpaired) electrons. The van der Waals surface area contributed by atoms with Gasteiger partial charge in [-0.2, -0.15) is 0 Å². The second-order valence-electron chi connectivity index (χ2n) is 5.93. The standard InChI is InChI=1S/C20H16N2O4S/c1-13-7-5-11-16(14(13)2)21-19(23)18(27-20(21)24)12-6-9-15-8-3-4-10-17(15)22(25)26/h3-12H,1-2H3/b9-6+,18-12-. The second-order valence-corrected chi connectivity index (χ2v) is 6.93. The number of carbonyl (C=O) groups is 2. The van der Waals surface area contributed by atoms with Crippen LogP contribution in [-0.4, -0.2) is 16.1 Å². The number of hydrogen-bond acceptors (Lipinski definition) is 5. The van der Waals surface area contributed by atoms with Crippen LogP contribution in [0.15, 0.2) is 59.5 Å². The third-order valence-electron chi connectivity index (χ3n) is 4.27. The van der Waals surface area contributed by atoms with Crippen molar-refractivity contribution in [1.29, 1.82) is 0 Å². The number of allylic oxidation sites excluding steroid dienone is 2. The molecular formula is C20H16N2O4S. The zero-order valence-corrected chi connectivity index (χ0v) is 15.5. The summed E-state index contributed by atoms with van der Waals surface area (Å²) in [5.74, 6) is -0.397. The third-order valence-corrected chi connectivity index (χ3v) is 5.16. The van der Waals surface area contributed by atoms with Crippen molar-refractivity contribution in [2.45, 2.75) is 13.8 Å². The average molecular weight is 380 g/mol. The van der Waals surface area contributed by atoms with Gasteiger partial charge in [-0.05, 0) is 61.0 Å². The number of imide groups is 1. The van der Waals surface area contributed by atoms with Gasteiger partial charge in [0, 0.05) is 6.07 Å². The van der Waals surface area contributed by atoms with Crippen LogP contribution in [0.5, 0.6) is 0 Å². The molecule has 1 aliphatic heterocycles. The first-order valence-corrected chi connectivity index (χ1v) is 8.96. The molecule has 2 amide bonds. The van der Waals surface area contributed by atoms with E-state index in [0.29, 0.717) is 11.3 Å². The first-order chi connectivity index (χ1) is 12.9. The van der Waals surface area contributed by atoms with Crippen molar-refractivity contribution in [3.05, 3.63) is 86.3 Å². The molecule has 0 aromatic heterocycles. The fourth-order valence-corrected chi connectivity index (χ4v) is 3.49. The van der Waals surface area contributed by atoms with E-state index in [9.17, 15) is 19.7 Å². The van der Waals surface area contributed by atoms with Gasteiger partial charge in [0.25, 0.3) is 16.8 Å². The topological polar surface area (TPSA) is 80.5 Å². The molecule has 0 spiro atoms. The summed E-state index contributed by atoms with van der Waals surface area (Å²) in [5.41, 5.74) is 2.84. The van der Waals surface area contributed by atoms with Crippen LogP contribution >= 0.6 is 11.8 Å². The largest absolute Gasteiger partial charge is 0.298 e. The maximum atomic E-state index is 12.7. The minimum atomic E-state index is -0.464. The summed E-state index contributed by atoms with van der Waals surface area (Å²) in [6.07, 6.45) is 4.60. The van der Waals surface area contributed by atoms with E-state index in [0.717, 1.165) is 27.8 Å². The number of para-hydroxylation sites is 1. The Morgan fingerprint density at radius 3 is 2.56 bits per heavy atom. The van der Waals surface area contributed by atoms with Crippen LogP contribution in [0, 0.1) is 24.0 Å². The number of thioether (sulfide) groups is 1. The Bertz CT molecular complexity index is 1010. The third kappa shape index (κ3) is 3.68. The van der Waals surface area contributed by atoms with Crippen LogP contribution in [0.3, 0.4) is 0 Å². The first kappa shape index (κ1) is 18.6. The summed E-state index contributed by atoms with van der Waals surface area (Å²) in [7, 11) is 0. The van der Waals surface area contributed by atoms with Gasteiger partial charge in [-0.25, -0.2) is 4.90 Å². The molecule has 0 unspecified atom stereocenters. The fraction of sp³-hybridized carbons (Fsp3) is 0.100. The molecule has 1 heterocycles. The van der Waals surface area contributed by atoms with E-state index in [1.807, 2.05) is 19.9 Å². The predicted molar refractivity (Wildman–Crippen MR) is 107 cm³/mol. The highest BCUT2D eigenvalue weighted by Gasteiger charge is 2.36. The van der Waals surface area contributed by atoms with Crippen molar-refractivity contribution in [3.63, 3.8) is 0 Å². The smallest absolute Gasteiger partial charge is 0.268 e. The number of hydrogen-bond donors (Lipinski definition) is 0. The number of anilines is 1. The summed E-state index contributed by atoms with van der Waals surface area (Å²) < 4.78 is 0. The zero-order valence-electron chi connectivity index (χ0n) is 14.7. The lowest BCUT2D eigenvalue weighted by atomic mass is 10.1. The Kier molecular flexibility index (Phi) is 5.23. The second kappa shape index (κ2) is 7.59. The Hall–Kier alpha value is -3.19. The van der Waals surface area contributed by atoms with Crippen molar-refractivity contribution in [3.8, 4) is 0 Å². The summed E-state index contributed by atoms with van der Waals surface area (Å²) >= 11 is 0.850. The molecule has 136 valence electrons. The van der Waals surface area contributed by atoms with Crippen LogP contribution in [0.4, 0.5) is 16.2 Å². The van der Waals surface area contributed by atoms with Crippen molar-refractivity contribution >= 4 is 40.4 Å². The molecule has 2 aromatic carbocycles. The van der Waals surface area contributed by atoms with Gasteiger partial charge in [-0.15, -0.1) is 0 Å². The van der Waals surface area contributed by atoms with Crippen molar-refractivity contribution in [2.75, 3.05) is 4.90 Å². The number of nitro benzene ring substituents is 1. The van der Waals surface area contributed by atoms with Crippen molar-refractivity contribution < 1.29 is 14.5 Å². The normalized spacial score (nSPS) is 15.9. The molecule has 0 bridgehead atoms. The predicted octanol–water partition coefficient (Wildman–Crippen LogP) is 5.01. The summed E-state index contributed by atoms with van der Waals surface area (Å²) in [6, 6.07) is 11.8. The molecule has 1 saturated heterocycles. The Morgan fingerprint density at radius 1 is 1.07 bits per heavy atom. The van der Waals surface area contributed by atoms with Crippen molar-refractivity contribution in [2.24, 2.45) is 0 Å². The number of rotatable bonds is 4. The van der Waals surface area contributed by atoms with Gasteiger partial charge in [0.2, 0.25) is 0 Å². The Labute approximate surface area is 160 Å². The van der Waals surface area contributed by atoms with E-state index >= 15 is 0 Å². The maximum absolute atomic E-state index is 12.7. The molecule has 0 N–H and O–H groups in total. The molecule has 6 nitrogen and oxygen atoms in total. The van der Waals surface area contributed by atoms with Gasteiger partial charge in [-0.3, -0.25) is 19.7 Å². The quantitative estimate of drug-likeness (QED) is 0.423. The maximum Gasteiger partial charge on any atom is 0.298 e. The molecule has 7 heteroatoms. The van der Waals surface area contributed by atoms with Crippen molar-refractivity contribution in [1.82, 2.24) is 0 Å². The van der Waals surface area contributed by atoms with Gasteiger partial charge in [-0.1, -0.05) is 30.3 Å². The van der Waals surface area contributed by atoms with E-state index in [2.05, 4.69) is 0 Å². The van der Waals surface area contributed by atoms with Gasteiger partial charge < -0.3 is 0 Å². The number of aryl methyl sites for hydroxylation is 1. The lowest BCUT2D eigenvalue weighted by Crippen LogP contribution is -2.28. The highest BCUT2D eigenvalue weighted by atomic mass is 32.2. The Balaban J connectivity index is 1.87. The summed E-state index contributed by atoms with van der Waals surface area (Å²) in [6.45, 7) is 3.79. The molecule has 1 aliphatic rings. The van der Waals surface area contributed by atoms with Gasteiger partial charge in [0.05, 0.1) is 21.1 Å². The van der Waals surface area contributed by atoms with E-state index in [1.54, 1.807) is 42.5 Å². The van der Waals surface area contributed by atoms with E-state index in [1.165, 1.54) is 12.1 Å². The molecular weight excluding hydrogens is 364 g/mol. The number of nitro groups is 1. The zero-order chi connectivity index (χ0) is 19.6. The van der Waals surface area contributed by atoms with E-state index in [-0.39, 0.29) is 15.8 Å². The highest BCUT2D eigenvalue weighted by Crippen LogP contribution is 2.36. The summed E-state index contributed by atoms with van der Waals surface area (Å²) in [5, 5.41) is 10.7. The molecule has 0 atom stereocenters. The molecule has 0 aliphatic carbocycles. The van der Waals surface area contributed by atoms with Gasteiger partial charge in [0.1, 0.15) is 0 Å². The molecule has 3 rings (SSSR count). The van der Waals surface area contributed by atoms with Crippen LogP contribution < -0.4 is 4.90 Å². The van der Waals surface area contributed by atoms with Gasteiger partial charge in [0.15, 0.2) is 0 Å². The lowest BCUT2D eigenvalue weighted by Gasteiger charge is -2.16. The van der Waals surface area contributed by atoms with Crippen LogP contribution in [0.2, 0.25) is 0 Å².